The maximum absolute atomic E-state index is 13.2. The number of rotatable bonds is 5. The van der Waals surface area contributed by atoms with Crippen molar-refractivity contribution in [1.29, 1.82) is 0 Å². The standard InChI is InChI=1S/C27H27N7O2/c1-17-11-18(6-10-29-17)25-22-12-19(4-5-23(22)32-33-25)26(35)31-21-3-2-8-27(36,13-21)16-34-24-7-9-28-14-20(24)15-30-34/h4-7,9-12,14-15,21,36H,2-3,8,13,16H2,1H3,(H,31,35)(H,32,33)/t21-,27+/m0/s1. The van der Waals surface area contributed by atoms with E-state index in [4.69, 9.17) is 0 Å². The van der Waals surface area contributed by atoms with Gasteiger partial charge in [0.15, 0.2) is 0 Å². The number of aromatic amines is 1. The fourth-order valence-electron chi connectivity index (χ4n) is 5.28. The van der Waals surface area contributed by atoms with Gasteiger partial charge >= 0.3 is 0 Å². The number of hydrogen-bond donors (Lipinski definition) is 3. The first-order valence-electron chi connectivity index (χ1n) is 12.2. The van der Waals surface area contributed by atoms with Crippen molar-refractivity contribution in [3.05, 3.63) is 72.4 Å². The van der Waals surface area contributed by atoms with Gasteiger partial charge in [-0.25, -0.2) is 0 Å². The summed E-state index contributed by atoms with van der Waals surface area (Å²) in [5.74, 6) is -0.153. The number of H-pyrrole nitrogens is 1. The Kier molecular flexibility index (Phi) is 5.49. The number of carbonyl (C=O) groups is 1. The largest absolute Gasteiger partial charge is 0.388 e. The Morgan fingerprint density at radius 2 is 2.14 bits per heavy atom. The summed E-state index contributed by atoms with van der Waals surface area (Å²) in [6, 6.07) is 11.2. The van der Waals surface area contributed by atoms with Crippen LogP contribution < -0.4 is 5.32 Å². The summed E-state index contributed by atoms with van der Waals surface area (Å²) < 4.78 is 1.83. The number of aliphatic hydroxyl groups is 1. The molecule has 1 fully saturated rings. The molecule has 3 N–H and O–H groups in total. The van der Waals surface area contributed by atoms with Gasteiger partial charge in [0.2, 0.25) is 0 Å². The number of aryl methyl sites for hydroxylation is 1. The molecule has 9 heteroatoms. The lowest BCUT2D eigenvalue weighted by Gasteiger charge is -2.37. The van der Waals surface area contributed by atoms with Crippen LogP contribution >= 0.6 is 0 Å². The van der Waals surface area contributed by atoms with Crippen LogP contribution in [0.4, 0.5) is 0 Å². The molecule has 0 bridgehead atoms. The normalized spacial score (nSPS) is 20.1. The van der Waals surface area contributed by atoms with Gasteiger partial charge < -0.3 is 10.4 Å². The molecule has 1 amide bonds. The molecule has 2 atom stereocenters. The molecule has 4 aromatic heterocycles. The Morgan fingerprint density at radius 3 is 3.03 bits per heavy atom. The lowest BCUT2D eigenvalue weighted by molar-refractivity contribution is -0.0227. The third-order valence-corrected chi connectivity index (χ3v) is 7.04. The molecule has 182 valence electrons. The zero-order valence-corrected chi connectivity index (χ0v) is 20.0. The predicted octanol–water partition coefficient (Wildman–Crippen LogP) is 3.78. The smallest absolute Gasteiger partial charge is 0.251 e. The van der Waals surface area contributed by atoms with Crippen LogP contribution in [0.1, 0.15) is 41.7 Å². The van der Waals surface area contributed by atoms with Crippen LogP contribution in [-0.4, -0.2) is 52.6 Å². The van der Waals surface area contributed by atoms with E-state index < -0.39 is 5.60 Å². The second-order valence-corrected chi connectivity index (χ2v) is 9.75. The highest BCUT2D eigenvalue weighted by Crippen LogP contribution is 2.32. The van der Waals surface area contributed by atoms with Crippen molar-refractivity contribution < 1.29 is 9.90 Å². The molecular formula is C27H27N7O2. The van der Waals surface area contributed by atoms with Crippen LogP contribution in [0.25, 0.3) is 33.1 Å². The van der Waals surface area contributed by atoms with Gasteiger partial charge in [0.25, 0.3) is 5.91 Å². The maximum atomic E-state index is 13.2. The summed E-state index contributed by atoms with van der Waals surface area (Å²) in [6.45, 7) is 2.32. The SMILES string of the molecule is Cc1cc(-c2n[nH]c3ccc(C(=O)N[C@H]4CCC[C@](O)(Cn5ncc6cnccc65)C4)cc23)ccn1. The van der Waals surface area contributed by atoms with Crippen molar-refractivity contribution in [2.75, 3.05) is 0 Å². The summed E-state index contributed by atoms with van der Waals surface area (Å²) >= 11 is 0. The molecule has 0 aliphatic heterocycles. The molecule has 1 aliphatic carbocycles. The third kappa shape index (κ3) is 4.22. The minimum absolute atomic E-state index is 0.123. The monoisotopic (exact) mass is 481 g/mol. The van der Waals surface area contributed by atoms with E-state index >= 15 is 0 Å². The summed E-state index contributed by atoms with van der Waals surface area (Å²) in [5, 5.41) is 28.4. The highest BCUT2D eigenvalue weighted by molar-refractivity contribution is 6.01. The number of benzene rings is 1. The first kappa shape index (κ1) is 22.4. The number of carbonyl (C=O) groups excluding carboxylic acids is 1. The highest BCUT2D eigenvalue weighted by atomic mass is 16.3. The van der Waals surface area contributed by atoms with Crippen LogP contribution in [0.5, 0.6) is 0 Å². The Morgan fingerprint density at radius 1 is 1.22 bits per heavy atom. The van der Waals surface area contributed by atoms with Crippen molar-refractivity contribution in [2.45, 2.75) is 50.8 Å². The van der Waals surface area contributed by atoms with Crippen LogP contribution in [0.15, 0.2) is 61.2 Å². The summed E-state index contributed by atoms with van der Waals surface area (Å²) in [5.41, 5.74) is 4.07. The molecule has 4 heterocycles. The number of hydrogen-bond acceptors (Lipinski definition) is 6. The number of nitrogens with one attached hydrogen (secondary N) is 2. The van der Waals surface area contributed by atoms with Gasteiger partial charge in [0.1, 0.15) is 5.69 Å². The van der Waals surface area contributed by atoms with Crippen molar-refractivity contribution in [3.8, 4) is 11.3 Å². The number of nitrogens with zero attached hydrogens (tertiary/aromatic N) is 5. The lowest BCUT2D eigenvalue weighted by atomic mass is 9.81. The highest BCUT2D eigenvalue weighted by Gasteiger charge is 2.36. The van der Waals surface area contributed by atoms with Gasteiger partial charge in [-0.3, -0.25) is 24.5 Å². The van der Waals surface area contributed by atoms with Crippen LogP contribution in [-0.2, 0) is 6.54 Å². The minimum atomic E-state index is -0.945. The second kappa shape index (κ2) is 8.83. The Bertz CT molecular complexity index is 1570. The Labute approximate surface area is 207 Å². The minimum Gasteiger partial charge on any atom is -0.388 e. The van der Waals surface area contributed by atoms with Gasteiger partial charge in [-0.2, -0.15) is 10.2 Å². The third-order valence-electron chi connectivity index (χ3n) is 7.04. The summed E-state index contributed by atoms with van der Waals surface area (Å²) in [6.07, 6.45) is 9.82. The molecule has 1 aromatic carbocycles. The molecule has 0 unspecified atom stereocenters. The van der Waals surface area contributed by atoms with E-state index in [1.165, 1.54) is 0 Å². The van der Waals surface area contributed by atoms with Crippen LogP contribution in [0.3, 0.4) is 0 Å². The number of amides is 1. The van der Waals surface area contributed by atoms with Crippen LogP contribution in [0.2, 0.25) is 0 Å². The van der Waals surface area contributed by atoms with Gasteiger partial charge in [-0.05, 0) is 69.0 Å². The van der Waals surface area contributed by atoms with Crippen molar-refractivity contribution in [3.63, 3.8) is 0 Å². The van der Waals surface area contributed by atoms with E-state index in [1.807, 2.05) is 41.9 Å². The van der Waals surface area contributed by atoms with Gasteiger partial charge in [-0.15, -0.1) is 0 Å². The fourth-order valence-corrected chi connectivity index (χ4v) is 5.28. The average Bonchev–Trinajstić information content (AvgIpc) is 3.48. The molecule has 5 aromatic rings. The van der Waals surface area contributed by atoms with Crippen LogP contribution in [0, 0.1) is 6.92 Å². The van der Waals surface area contributed by atoms with E-state index in [1.54, 1.807) is 30.9 Å². The first-order valence-corrected chi connectivity index (χ1v) is 12.2. The predicted molar refractivity (Wildman–Crippen MR) is 136 cm³/mol. The molecule has 6 rings (SSSR count). The average molecular weight is 482 g/mol. The van der Waals surface area contributed by atoms with Crippen molar-refractivity contribution >= 4 is 27.7 Å². The van der Waals surface area contributed by atoms with E-state index in [0.29, 0.717) is 24.9 Å². The molecule has 1 aliphatic rings. The van der Waals surface area contributed by atoms with Gasteiger partial charge in [-0.1, -0.05) is 0 Å². The Balaban J connectivity index is 1.20. The molecule has 0 saturated heterocycles. The second-order valence-electron chi connectivity index (χ2n) is 9.75. The number of aromatic nitrogens is 6. The van der Waals surface area contributed by atoms with E-state index in [0.717, 1.165) is 51.6 Å². The zero-order valence-electron chi connectivity index (χ0n) is 20.0. The van der Waals surface area contributed by atoms with Gasteiger partial charge in [0, 0.05) is 52.2 Å². The molecule has 1 saturated carbocycles. The van der Waals surface area contributed by atoms with E-state index in [9.17, 15) is 9.90 Å². The van der Waals surface area contributed by atoms with E-state index in [2.05, 4.69) is 30.6 Å². The zero-order chi connectivity index (χ0) is 24.7. The van der Waals surface area contributed by atoms with E-state index in [-0.39, 0.29) is 11.9 Å². The Hall–Kier alpha value is -4.11. The summed E-state index contributed by atoms with van der Waals surface area (Å²) in [4.78, 5) is 21.6. The molecular weight excluding hydrogens is 454 g/mol. The molecule has 36 heavy (non-hydrogen) atoms. The molecule has 9 nitrogen and oxygen atoms in total. The quantitative estimate of drug-likeness (QED) is 0.351. The lowest BCUT2D eigenvalue weighted by Crippen LogP contribution is -2.47. The first-order chi connectivity index (χ1) is 17.5. The fraction of sp³-hybridized carbons (Fsp3) is 0.296. The topological polar surface area (TPSA) is 122 Å². The maximum Gasteiger partial charge on any atom is 0.251 e. The van der Waals surface area contributed by atoms with Gasteiger partial charge in [0.05, 0.1) is 29.4 Å². The number of pyridine rings is 2. The molecule has 0 radical (unpaired) electrons. The number of fused-ring (bicyclic) bond motifs is 2. The summed E-state index contributed by atoms with van der Waals surface area (Å²) in [7, 11) is 0. The van der Waals surface area contributed by atoms with Crippen molar-refractivity contribution in [2.24, 2.45) is 0 Å². The molecule has 0 spiro atoms. The van der Waals surface area contributed by atoms with Crippen molar-refractivity contribution in [1.82, 2.24) is 35.3 Å².